The van der Waals surface area contributed by atoms with Crippen molar-refractivity contribution in [3.63, 3.8) is 0 Å². The third kappa shape index (κ3) is 3.55. The van der Waals surface area contributed by atoms with Crippen molar-refractivity contribution in [3.8, 4) is 12.3 Å². The van der Waals surface area contributed by atoms with Crippen molar-refractivity contribution in [2.75, 3.05) is 26.3 Å². The molecule has 1 unspecified atom stereocenters. The Kier molecular flexibility index (Phi) is 4.95. The van der Waals surface area contributed by atoms with Gasteiger partial charge in [-0.3, -0.25) is 4.79 Å². The molecule has 1 amide bonds. The van der Waals surface area contributed by atoms with Crippen molar-refractivity contribution in [2.45, 2.75) is 12.8 Å². The molecule has 1 atom stereocenters. The molecule has 0 aliphatic carbocycles. The van der Waals surface area contributed by atoms with Crippen LogP contribution in [-0.2, 0) is 4.74 Å². The number of hydrogen-bond donors (Lipinski definition) is 0. The standard InChI is InChI=1S/C20H21NO2/c1-2-13-23-15-16-7-6-12-21(14-16)20(22)19-11-5-9-17-8-3-4-10-18(17)19/h1,3-5,8-11,16H,6-7,12-15H2. The van der Waals surface area contributed by atoms with E-state index in [1.54, 1.807) is 0 Å². The van der Waals surface area contributed by atoms with Crippen LogP contribution in [0.25, 0.3) is 10.8 Å². The van der Waals surface area contributed by atoms with Crippen LogP contribution in [0.5, 0.6) is 0 Å². The van der Waals surface area contributed by atoms with E-state index in [9.17, 15) is 4.79 Å². The Labute approximate surface area is 137 Å². The SMILES string of the molecule is C#CCOCC1CCCN(C(=O)c2cccc3ccccc23)C1. The zero-order valence-corrected chi connectivity index (χ0v) is 13.2. The molecule has 1 fully saturated rings. The van der Waals surface area contributed by atoms with E-state index in [0.29, 0.717) is 19.1 Å². The lowest BCUT2D eigenvalue weighted by molar-refractivity contribution is 0.0536. The van der Waals surface area contributed by atoms with Gasteiger partial charge < -0.3 is 9.64 Å². The lowest BCUT2D eigenvalue weighted by Gasteiger charge is -2.32. The Bertz CT molecular complexity index is 726. The van der Waals surface area contributed by atoms with E-state index in [0.717, 1.165) is 42.3 Å². The van der Waals surface area contributed by atoms with E-state index < -0.39 is 0 Å². The summed E-state index contributed by atoms with van der Waals surface area (Å²) in [5.41, 5.74) is 0.785. The number of hydrogen-bond acceptors (Lipinski definition) is 2. The van der Waals surface area contributed by atoms with Crippen molar-refractivity contribution in [1.29, 1.82) is 0 Å². The second-order valence-corrected chi connectivity index (χ2v) is 6.01. The Hall–Kier alpha value is -2.31. The van der Waals surface area contributed by atoms with Gasteiger partial charge in [0.15, 0.2) is 0 Å². The van der Waals surface area contributed by atoms with Crippen LogP contribution in [0.4, 0.5) is 0 Å². The van der Waals surface area contributed by atoms with Gasteiger partial charge in [0, 0.05) is 24.6 Å². The van der Waals surface area contributed by atoms with Crippen molar-refractivity contribution in [2.24, 2.45) is 5.92 Å². The van der Waals surface area contributed by atoms with E-state index in [2.05, 4.69) is 5.92 Å². The van der Waals surface area contributed by atoms with Crippen LogP contribution in [0, 0.1) is 18.3 Å². The van der Waals surface area contributed by atoms with E-state index >= 15 is 0 Å². The highest BCUT2D eigenvalue weighted by molar-refractivity contribution is 6.07. The molecule has 118 valence electrons. The summed E-state index contributed by atoms with van der Waals surface area (Å²) < 4.78 is 5.45. The first-order chi connectivity index (χ1) is 11.3. The minimum absolute atomic E-state index is 0.114. The summed E-state index contributed by atoms with van der Waals surface area (Å²) in [6.07, 6.45) is 7.31. The number of piperidine rings is 1. The van der Waals surface area contributed by atoms with E-state index in [1.165, 1.54) is 0 Å². The van der Waals surface area contributed by atoms with Crippen molar-refractivity contribution >= 4 is 16.7 Å². The number of amides is 1. The topological polar surface area (TPSA) is 29.5 Å². The third-order valence-corrected chi connectivity index (χ3v) is 4.37. The van der Waals surface area contributed by atoms with Crippen LogP contribution >= 0.6 is 0 Å². The molecule has 0 N–H and O–H groups in total. The molecule has 3 heteroatoms. The smallest absolute Gasteiger partial charge is 0.254 e. The Balaban J connectivity index is 1.75. The number of carbonyl (C=O) groups is 1. The van der Waals surface area contributed by atoms with Gasteiger partial charge in [0.25, 0.3) is 5.91 Å². The maximum Gasteiger partial charge on any atom is 0.254 e. The second kappa shape index (κ2) is 7.30. The van der Waals surface area contributed by atoms with Crippen LogP contribution in [-0.4, -0.2) is 37.1 Å². The summed E-state index contributed by atoms with van der Waals surface area (Å²) in [5.74, 6) is 2.97. The number of carbonyl (C=O) groups excluding carboxylic acids is 1. The zero-order valence-electron chi connectivity index (χ0n) is 13.2. The molecule has 2 aromatic carbocycles. The van der Waals surface area contributed by atoms with Gasteiger partial charge in [-0.15, -0.1) is 6.42 Å². The van der Waals surface area contributed by atoms with Gasteiger partial charge >= 0.3 is 0 Å². The first-order valence-electron chi connectivity index (χ1n) is 8.08. The van der Waals surface area contributed by atoms with E-state index in [1.807, 2.05) is 47.4 Å². The molecule has 1 aliphatic rings. The highest BCUT2D eigenvalue weighted by Gasteiger charge is 2.25. The molecule has 23 heavy (non-hydrogen) atoms. The van der Waals surface area contributed by atoms with Crippen molar-refractivity contribution < 1.29 is 9.53 Å². The minimum Gasteiger partial charge on any atom is -0.368 e. The minimum atomic E-state index is 0.114. The number of benzene rings is 2. The monoisotopic (exact) mass is 307 g/mol. The van der Waals surface area contributed by atoms with Crippen LogP contribution < -0.4 is 0 Å². The average Bonchev–Trinajstić information content (AvgIpc) is 2.61. The van der Waals surface area contributed by atoms with Gasteiger partial charge in [0.2, 0.25) is 0 Å². The molecule has 2 aromatic rings. The summed E-state index contributed by atoms with van der Waals surface area (Å²) in [6.45, 7) is 2.53. The summed E-state index contributed by atoms with van der Waals surface area (Å²) >= 11 is 0. The fraction of sp³-hybridized carbons (Fsp3) is 0.350. The zero-order chi connectivity index (χ0) is 16.1. The number of rotatable bonds is 4. The Morgan fingerprint density at radius 1 is 1.26 bits per heavy atom. The molecular formula is C20H21NO2. The number of ether oxygens (including phenoxy) is 1. The number of fused-ring (bicyclic) bond motifs is 1. The first-order valence-corrected chi connectivity index (χ1v) is 8.08. The lowest BCUT2D eigenvalue weighted by atomic mass is 9.97. The van der Waals surface area contributed by atoms with Crippen LogP contribution in [0.15, 0.2) is 42.5 Å². The van der Waals surface area contributed by atoms with Gasteiger partial charge in [0.05, 0.1) is 6.61 Å². The number of terminal acetylenes is 1. The summed E-state index contributed by atoms with van der Waals surface area (Å²) in [6, 6.07) is 13.9. The van der Waals surface area contributed by atoms with E-state index in [-0.39, 0.29) is 5.91 Å². The normalized spacial score (nSPS) is 17.9. The second-order valence-electron chi connectivity index (χ2n) is 6.01. The number of likely N-dealkylation sites (tertiary alicyclic amines) is 1. The fourth-order valence-electron chi connectivity index (χ4n) is 3.25. The predicted molar refractivity (Wildman–Crippen MR) is 92.2 cm³/mol. The Morgan fingerprint density at radius 2 is 2.09 bits per heavy atom. The van der Waals surface area contributed by atoms with Crippen LogP contribution in [0.3, 0.4) is 0 Å². The molecule has 1 aliphatic heterocycles. The summed E-state index contributed by atoms with van der Waals surface area (Å²) in [4.78, 5) is 14.9. The Morgan fingerprint density at radius 3 is 2.96 bits per heavy atom. The lowest BCUT2D eigenvalue weighted by Crippen LogP contribution is -2.41. The van der Waals surface area contributed by atoms with Crippen molar-refractivity contribution in [1.82, 2.24) is 4.90 Å². The molecule has 1 heterocycles. The van der Waals surface area contributed by atoms with Crippen LogP contribution in [0.1, 0.15) is 23.2 Å². The molecule has 0 saturated carbocycles. The van der Waals surface area contributed by atoms with Gasteiger partial charge in [0.1, 0.15) is 6.61 Å². The van der Waals surface area contributed by atoms with Gasteiger partial charge in [-0.1, -0.05) is 42.3 Å². The fourth-order valence-corrected chi connectivity index (χ4v) is 3.25. The maximum absolute atomic E-state index is 12.9. The molecule has 0 aromatic heterocycles. The molecular weight excluding hydrogens is 286 g/mol. The highest BCUT2D eigenvalue weighted by Crippen LogP contribution is 2.23. The quantitative estimate of drug-likeness (QED) is 0.640. The molecule has 3 nitrogen and oxygen atoms in total. The summed E-state index contributed by atoms with van der Waals surface area (Å²) in [7, 11) is 0. The highest BCUT2D eigenvalue weighted by atomic mass is 16.5. The van der Waals surface area contributed by atoms with Gasteiger partial charge in [-0.2, -0.15) is 0 Å². The first kappa shape index (κ1) is 15.6. The van der Waals surface area contributed by atoms with Gasteiger partial charge in [-0.05, 0) is 29.7 Å². The molecule has 0 spiro atoms. The predicted octanol–water partition coefficient (Wildman–Crippen LogP) is 3.34. The molecule has 3 rings (SSSR count). The van der Waals surface area contributed by atoms with Crippen LogP contribution in [0.2, 0.25) is 0 Å². The third-order valence-electron chi connectivity index (χ3n) is 4.37. The number of nitrogens with zero attached hydrogens (tertiary/aromatic N) is 1. The molecule has 0 radical (unpaired) electrons. The van der Waals surface area contributed by atoms with Gasteiger partial charge in [-0.25, -0.2) is 0 Å². The van der Waals surface area contributed by atoms with E-state index in [4.69, 9.17) is 11.2 Å². The molecule has 0 bridgehead atoms. The summed E-state index contributed by atoms with van der Waals surface area (Å²) in [5, 5.41) is 2.12. The largest absolute Gasteiger partial charge is 0.368 e. The van der Waals surface area contributed by atoms with Crippen molar-refractivity contribution in [3.05, 3.63) is 48.0 Å². The maximum atomic E-state index is 12.9. The average molecular weight is 307 g/mol. The molecule has 1 saturated heterocycles.